The molecule has 4 rings (SSSR count). The van der Waals surface area contributed by atoms with E-state index in [0.717, 1.165) is 24.0 Å². The highest BCUT2D eigenvalue weighted by Gasteiger charge is 2.31. The molecule has 0 radical (unpaired) electrons. The zero-order valence-corrected chi connectivity index (χ0v) is 17.8. The number of likely N-dealkylation sites (tertiary alicyclic amines) is 1. The number of nitrogens with zero attached hydrogens (tertiary/aromatic N) is 2. The average Bonchev–Trinajstić information content (AvgIpc) is 2.77. The fourth-order valence-corrected chi connectivity index (χ4v) is 4.34. The first-order valence-corrected chi connectivity index (χ1v) is 10.6. The van der Waals surface area contributed by atoms with Crippen LogP contribution in [0.4, 0.5) is 4.39 Å². The maximum Gasteiger partial charge on any atom is 0.250 e. The van der Waals surface area contributed by atoms with Gasteiger partial charge in [0.1, 0.15) is 5.82 Å². The fourth-order valence-electron chi connectivity index (χ4n) is 4.34. The van der Waals surface area contributed by atoms with Crippen molar-refractivity contribution < 1.29 is 14.0 Å². The summed E-state index contributed by atoms with van der Waals surface area (Å²) in [5.74, 6) is -1.26. The van der Waals surface area contributed by atoms with Crippen molar-refractivity contribution in [1.29, 1.82) is 0 Å². The van der Waals surface area contributed by atoms with E-state index in [0.29, 0.717) is 35.2 Å². The van der Waals surface area contributed by atoms with E-state index in [2.05, 4.69) is 4.98 Å². The van der Waals surface area contributed by atoms with Crippen molar-refractivity contribution in [2.24, 2.45) is 5.73 Å². The minimum absolute atomic E-state index is 0.0667. The molecule has 0 saturated carbocycles. The summed E-state index contributed by atoms with van der Waals surface area (Å²) in [6.45, 7) is 5.10. The van der Waals surface area contributed by atoms with Crippen molar-refractivity contribution in [3.8, 4) is 0 Å². The second kappa shape index (κ2) is 8.46. The van der Waals surface area contributed by atoms with Crippen molar-refractivity contribution in [1.82, 2.24) is 9.88 Å². The molecule has 2 aromatic carbocycles. The molecule has 2 atom stereocenters. The van der Waals surface area contributed by atoms with E-state index in [1.165, 1.54) is 12.1 Å². The molecule has 0 spiro atoms. The molecule has 3 aromatic rings. The Morgan fingerprint density at radius 1 is 1.16 bits per heavy atom. The number of aryl methyl sites for hydroxylation is 1. The van der Waals surface area contributed by atoms with Crippen molar-refractivity contribution >= 4 is 22.7 Å². The first-order chi connectivity index (χ1) is 14.8. The smallest absolute Gasteiger partial charge is 0.250 e. The Morgan fingerprint density at radius 3 is 2.61 bits per heavy atom. The lowest BCUT2D eigenvalue weighted by molar-refractivity contribution is -0.133. The minimum Gasteiger partial charge on any atom is -0.366 e. The molecule has 31 heavy (non-hydrogen) atoms. The molecule has 6 heteroatoms. The predicted molar refractivity (Wildman–Crippen MR) is 118 cm³/mol. The summed E-state index contributed by atoms with van der Waals surface area (Å²) in [4.78, 5) is 31.9. The lowest BCUT2D eigenvalue weighted by atomic mass is 9.89. The Hall–Kier alpha value is -3.28. The van der Waals surface area contributed by atoms with Gasteiger partial charge in [-0.3, -0.25) is 14.6 Å². The van der Waals surface area contributed by atoms with Crippen LogP contribution in [0.2, 0.25) is 0 Å². The minimum atomic E-state index is -0.592. The Kier molecular flexibility index (Phi) is 5.72. The van der Waals surface area contributed by atoms with Crippen LogP contribution in [0.5, 0.6) is 0 Å². The van der Waals surface area contributed by atoms with Crippen LogP contribution in [0.25, 0.3) is 10.9 Å². The largest absolute Gasteiger partial charge is 0.366 e. The molecule has 2 heterocycles. The third kappa shape index (κ3) is 4.29. The summed E-state index contributed by atoms with van der Waals surface area (Å²) in [6, 6.07) is 13.9. The van der Waals surface area contributed by atoms with Gasteiger partial charge in [0.15, 0.2) is 0 Å². The number of carbonyl (C=O) groups is 2. The molecule has 160 valence electrons. The van der Waals surface area contributed by atoms with Crippen LogP contribution < -0.4 is 5.73 Å². The van der Waals surface area contributed by atoms with Crippen molar-refractivity contribution in [2.45, 2.75) is 38.5 Å². The highest BCUT2D eigenvalue weighted by molar-refractivity contribution is 5.98. The number of halogens is 1. The van der Waals surface area contributed by atoms with Gasteiger partial charge in [-0.15, -0.1) is 0 Å². The molecule has 1 aromatic heterocycles. The number of fused-ring (bicyclic) bond motifs is 1. The Bertz CT molecular complexity index is 1140. The lowest BCUT2D eigenvalue weighted by Gasteiger charge is -2.34. The molecule has 2 N–H and O–H groups in total. The van der Waals surface area contributed by atoms with Gasteiger partial charge in [-0.25, -0.2) is 4.39 Å². The molecular formula is C25H26FN3O2. The van der Waals surface area contributed by atoms with Gasteiger partial charge in [-0.05, 0) is 56.5 Å². The number of amides is 2. The quantitative estimate of drug-likeness (QED) is 0.685. The average molecular weight is 420 g/mol. The van der Waals surface area contributed by atoms with Crippen LogP contribution in [-0.2, 0) is 4.79 Å². The number of aromatic nitrogens is 1. The highest BCUT2D eigenvalue weighted by atomic mass is 19.1. The zero-order chi connectivity index (χ0) is 22.1. The van der Waals surface area contributed by atoms with E-state index in [1.807, 2.05) is 43.0 Å². The van der Waals surface area contributed by atoms with Crippen LogP contribution in [0.15, 0.2) is 48.5 Å². The van der Waals surface area contributed by atoms with Gasteiger partial charge in [-0.2, -0.15) is 0 Å². The summed E-state index contributed by atoms with van der Waals surface area (Å²) >= 11 is 0. The number of rotatable bonds is 4. The first-order valence-electron chi connectivity index (χ1n) is 10.6. The molecule has 2 amide bonds. The van der Waals surface area contributed by atoms with E-state index >= 15 is 0 Å². The van der Waals surface area contributed by atoms with Crippen molar-refractivity contribution in [3.05, 3.63) is 76.7 Å². The molecule has 1 saturated heterocycles. The standard InChI is InChI=1S/C25H26FN3O2/c1-15-5-7-17(8-6-15)16(2)25(31)29-11-3-4-18(14-29)23-21(24(27)30)13-19-12-20(26)9-10-22(19)28-23/h5-10,12-13,16,18H,3-4,11,14H2,1-2H3,(H2,27,30)/t16-,18-/m1/s1. The summed E-state index contributed by atoms with van der Waals surface area (Å²) in [6.07, 6.45) is 1.63. The Labute approximate surface area is 181 Å². The van der Waals surface area contributed by atoms with Crippen LogP contribution in [0, 0.1) is 12.7 Å². The molecule has 0 bridgehead atoms. The molecule has 0 unspecified atom stereocenters. The molecule has 1 aliphatic rings. The second-order valence-corrected chi connectivity index (χ2v) is 8.38. The lowest BCUT2D eigenvalue weighted by Crippen LogP contribution is -2.41. The topological polar surface area (TPSA) is 76.3 Å². The molecular weight excluding hydrogens is 393 g/mol. The van der Waals surface area contributed by atoms with Crippen molar-refractivity contribution in [3.63, 3.8) is 0 Å². The number of pyridine rings is 1. The number of hydrogen-bond donors (Lipinski definition) is 1. The number of piperidine rings is 1. The van der Waals surface area contributed by atoms with E-state index < -0.39 is 11.7 Å². The summed E-state index contributed by atoms with van der Waals surface area (Å²) in [5.41, 5.74) is 9.27. The van der Waals surface area contributed by atoms with Gasteiger partial charge in [0.05, 0.1) is 22.7 Å². The van der Waals surface area contributed by atoms with Crippen LogP contribution in [0.3, 0.4) is 0 Å². The monoisotopic (exact) mass is 419 g/mol. The van der Waals surface area contributed by atoms with E-state index in [9.17, 15) is 14.0 Å². The Morgan fingerprint density at radius 2 is 1.90 bits per heavy atom. The van der Waals surface area contributed by atoms with Gasteiger partial charge in [0.25, 0.3) is 5.91 Å². The van der Waals surface area contributed by atoms with E-state index in [4.69, 9.17) is 5.73 Å². The first kappa shape index (κ1) is 21.0. The number of nitrogens with two attached hydrogens (primary N) is 1. The Balaban J connectivity index is 1.62. The third-order valence-corrected chi connectivity index (χ3v) is 6.14. The van der Waals surface area contributed by atoms with E-state index in [-0.39, 0.29) is 17.7 Å². The van der Waals surface area contributed by atoms with Crippen LogP contribution in [0.1, 0.15) is 58.8 Å². The van der Waals surface area contributed by atoms with E-state index in [1.54, 1.807) is 12.1 Å². The SMILES string of the molecule is Cc1ccc([C@@H](C)C(=O)N2CCC[C@@H](c3nc4ccc(F)cc4cc3C(N)=O)C2)cc1. The molecule has 1 fully saturated rings. The third-order valence-electron chi connectivity index (χ3n) is 6.14. The normalized spacial score (nSPS) is 17.5. The summed E-state index contributed by atoms with van der Waals surface area (Å²) < 4.78 is 13.6. The van der Waals surface area contributed by atoms with Crippen LogP contribution in [-0.4, -0.2) is 34.8 Å². The van der Waals surface area contributed by atoms with Gasteiger partial charge < -0.3 is 10.6 Å². The predicted octanol–water partition coefficient (Wildman–Crippen LogP) is 4.29. The molecule has 5 nitrogen and oxygen atoms in total. The summed E-state index contributed by atoms with van der Waals surface area (Å²) in [5, 5.41) is 0.536. The molecule has 0 aliphatic carbocycles. The van der Waals surface area contributed by atoms with Crippen molar-refractivity contribution in [2.75, 3.05) is 13.1 Å². The number of primary amides is 1. The number of carbonyl (C=O) groups excluding carboxylic acids is 2. The molecule has 1 aliphatic heterocycles. The van der Waals surface area contributed by atoms with Gasteiger partial charge in [-0.1, -0.05) is 29.8 Å². The van der Waals surface area contributed by atoms with Crippen LogP contribution >= 0.6 is 0 Å². The second-order valence-electron chi connectivity index (χ2n) is 8.38. The van der Waals surface area contributed by atoms with Gasteiger partial charge >= 0.3 is 0 Å². The number of hydrogen-bond acceptors (Lipinski definition) is 3. The van der Waals surface area contributed by atoms with Gasteiger partial charge in [0, 0.05) is 24.4 Å². The summed E-state index contributed by atoms with van der Waals surface area (Å²) in [7, 11) is 0. The maximum atomic E-state index is 13.6. The maximum absolute atomic E-state index is 13.6. The fraction of sp³-hybridized carbons (Fsp3) is 0.320. The zero-order valence-electron chi connectivity index (χ0n) is 17.8. The number of benzene rings is 2. The highest BCUT2D eigenvalue weighted by Crippen LogP contribution is 2.32. The van der Waals surface area contributed by atoms with Gasteiger partial charge in [0.2, 0.25) is 5.91 Å².